The smallest absolute Gasteiger partial charge is 0.357 e. The summed E-state index contributed by atoms with van der Waals surface area (Å²) < 4.78 is 18.1. The number of benzene rings is 3. The summed E-state index contributed by atoms with van der Waals surface area (Å²) in [5.41, 5.74) is 4.47. The Bertz CT molecular complexity index is 1410. The van der Waals surface area contributed by atoms with Crippen LogP contribution in [0, 0.1) is 6.92 Å². The molecule has 7 nitrogen and oxygen atoms in total. The van der Waals surface area contributed by atoms with Crippen molar-refractivity contribution in [3.8, 4) is 22.6 Å². The summed E-state index contributed by atoms with van der Waals surface area (Å²) in [4.78, 5) is 26.6. The molecule has 0 aliphatic rings. The molecule has 37 heavy (non-hydrogen) atoms. The SMILES string of the molecule is CCOC(=O)c1c(NC(=O)c2cccc(C)c2)c(-c2ccc(OC)c(OC)c2)cn1Cc1ccccc1. The number of nitrogens with one attached hydrogen (secondary N) is 1. The van der Waals surface area contributed by atoms with Gasteiger partial charge in [0, 0.05) is 23.9 Å². The highest BCUT2D eigenvalue weighted by atomic mass is 16.5. The number of aryl methyl sites for hydroxylation is 1. The van der Waals surface area contributed by atoms with E-state index in [0.717, 1.165) is 16.7 Å². The standard InChI is InChI=1S/C30H30N2O5/c1-5-37-30(34)28-27(31-29(33)23-13-9-10-20(2)16-23)24(19-32(28)18-21-11-7-6-8-12-21)22-14-15-25(35-3)26(17-22)36-4/h6-17,19H,5,18H2,1-4H3,(H,31,33). The number of methoxy groups -OCH3 is 2. The first kappa shape index (κ1) is 25.6. The number of nitrogens with zero attached hydrogens (tertiary/aromatic N) is 1. The number of carbonyl (C=O) groups is 2. The van der Waals surface area contributed by atoms with Crippen molar-refractivity contribution in [2.45, 2.75) is 20.4 Å². The number of ether oxygens (including phenoxy) is 3. The van der Waals surface area contributed by atoms with Crippen molar-refractivity contribution in [2.75, 3.05) is 26.1 Å². The van der Waals surface area contributed by atoms with Gasteiger partial charge in [0.1, 0.15) is 0 Å². The van der Waals surface area contributed by atoms with Crippen molar-refractivity contribution in [2.24, 2.45) is 0 Å². The molecule has 4 aromatic rings. The van der Waals surface area contributed by atoms with E-state index in [1.807, 2.05) is 72.3 Å². The van der Waals surface area contributed by atoms with Crippen molar-refractivity contribution in [1.82, 2.24) is 4.57 Å². The quantitative estimate of drug-likeness (QED) is 0.288. The highest BCUT2D eigenvalue weighted by molar-refractivity contribution is 6.11. The van der Waals surface area contributed by atoms with Gasteiger partial charge in [-0.2, -0.15) is 0 Å². The van der Waals surface area contributed by atoms with Crippen LogP contribution in [0.1, 0.15) is 38.9 Å². The molecule has 1 amide bonds. The highest BCUT2D eigenvalue weighted by Gasteiger charge is 2.26. The van der Waals surface area contributed by atoms with E-state index < -0.39 is 5.97 Å². The second-order valence-electron chi connectivity index (χ2n) is 8.49. The molecule has 0 unspecified atom stereocenters. The number of hydrogen-bond donors (Lipinski definition) is 1. The maximum absolute atomic E-state index is 13.4. The zero-order valence-electron chi connectivity index (χ0n) is 21.4. The Hall–Kier alpha value is -4.52. The Balaban J connectivity index is 1.90. The first-order valence-corrected chi connectivity index (χ1v) is 12.0. The minimum atomic E-state index is -0.523. The third-order valence-corrected chi connectivity index (χ3v) is 5.96. The second kappa shape index (κ2) is 11.5. The van der Waals surface area contributed by atoms with Crippen LogP contribution in [-0.4, -0.2) is 37.3 Å². The van der Waals surface area contributed by atoms with Gasteiger partial charge < -0.3 is 24.1 Å². The van der Waals surface area contributed by atoms with Gasteiger partial charge in [-0.3, -0.25) is 4.79 Å². The molecular weight excluding hydrogens is 468 g/mol. The molecule has 0 saturated heterocycles. The predicted molar refractivity (Wildman–Crippen MR) is 144 cm³/mol. The predicted octanol–water partition coefficient (Wildman–Crippen LogP) is 5.96. The summed E-state index contributed by atoms with van der Waals surface area (Å²) in [6.45, 7) is 4.29. The van der Waals surface area contributed by atoms with Crippen LogP contribution in [0.2, 0.25) is 0 Å². The monoisotopic (exact) mass is 498 g/mol. The van der Waals surface area contributed by atoms with Gasteiger partial charge >= 0.3 is 5.97 Å². The largest absolute Gasteiger partial charge is 0.493 e. The van der Waals surface area contributed by atoms with E-state index in [9.17, 15) is 9.59 Å². The molecule has 1 N–H and O–H groups in total. The lowest BCUT2D eigenvalue weighted by atomic mass is 10.1. The number of esters is 1. The highest BCUT2D eigenvalue weighted by Crippen LogP contribution is 2.39. The summed E-state index contributed by atoms with van der Waals surface area (Å²) in [5, 5.41) is 3.00. The molecule has 0 aliphatic heterocycles. The molecule has 1 aromatic heterocycles. The van der Waals surface area contributed by atoms with Gasteiger partial charge in [-0.1, -0.05) is 54.1 Å². The minimum absolute atomic E-state index is 0.201. The lowest BCUT2D eigenvalue weighted by molar-refractivity contribution is 0.0515. The Morgan fingerprint density at radius 3 is 2.32 bits per heavy atom. The summed E-state index contributed by atoms with van der Waals surface area (Å²) >= 11 is 0. The minimum Gasteiger partial charge on any atom is -0.493 e. The van der Waals surface area contributed by atoms with Crippen molar-refractivity contribution in [3.05, 3.63) is 101 Å². The molecule has 190 valence electrons. The van der Waals surface area contributed by atoms with Gasteiger partial charge in [0.2, 0.25) is 0 Å². The van der Waals surface area contributed by atoms with Crippen molar-refractivity contribution in [1.29, 1.82) is 0 Å². The Kier molecular flexibility index (Phi) is 7.93. The summed E-state index contributed by atoms with van der Waals surface area (Å²) in [7, 11) is 3.13. The Morgan fingerprint density at radius 1 is 0.892 bits per heavy atom. The van der Waals surface area contributed by atoms with Crippen LogP contribution in [0.3, 0.4) is 0 Å². The molecule has 0 atom stereocenters. The van der Waals surface area contributed by atoms with Crippen molar-refractivity contribution >= 4 is 17.6 Å². The molecule has 0 fully saturated rings. The number of hydrogen-bond acceptors (Lipinski definition) is 5. The zero-order chi connectivity index (χ0) is 26.4. The lowest BCUT2D eigenvalue weighted by Crippen LogP contribution is -2.18. The summed E-state index contributed by atoms with van der Waals surface area (Å²) in [6, 6.07) is 22.5. The van der Waals surface area contributed by atoms with Gasteiger partial charge in [-0.15, -0.1) is 0 Å². The average Bonchev–Trinajstić information content (AvgIpc) is 3.26. The number of carbonyl (C=O) groups excluding carboxylic acids is 2. The second-order valence-corrected chi connectivity index (χ2v) is 8.49. The zero-order valence-corrected chi connectivity index (χ0v) is 21.4. The van der Waals surface area contributed by atoms with Crippen LogP contribution in [-0.2, 0) is 11.3 Å². The maximum atomic E-state index is 13.4. The van der Waals surface area contributed by atoms with Gasteiger partial charge in [-0.25, -0.2) is 4.79 Å². The van der Waals surface area contributed by atoms with E-state index in [1.165, 1.54) is 0 Å². The van der Waals surface area contributed by atoms with Crippen molar-refractivity contribution in [3.63, 3.8) is 0 Å². The van der Waals surface area contributed by atoms with Crippen LogP contribution in [0.25, 0.3) is 11.1 Å². The normalized spacial score (nSPS) is 10.6. The van der Waals surface area contributed by atoms with E-state index >= 15 is 0 Å². The molecule has 0 aliphatic carbocycles. The van der Waals surface area contributed by atoms with Gasteiger partial charge in [0.25, 0.3) is 5.91 Å². The fourth-order valence-electron chi connectivity index (χ4n) is 4.20. The van der Waals surface area contributed by atoms with E-state index in [4.69, 9.17) is 14.2 Å². The van der Waals surface area contributed by atoms with E-state index in [1.54, 1.807) is 39.3 Å². The summed E-state index contributed by atoms with van der Waals surface area (Å²) in [6.07, 6.45) is 1.85. The fourth-order valence-corrected chi connectivity index (χ4v) is 4.20. The number of anilines is 1. The third-order valence-electron chi connectivity index (χ3n) is 5.96. The summed E-state index contributed by atoms with van der Waals surface area (Å²) in [5.74, 6) is 0.258. The van der Waals surface area contributed by atoms with Crippen LogP contribution in [0.15, 0.2) is 79.0 Å². The van der Waals surface area contributed by atoms with E-state index in [2.05, 4.69) is 5.32 Å². The molecule has 4 rings (SSSR count). The topological polar surface area (TPSA) is 78.8 Å². The van der Waals surface area contributed by atoms with Crippen LogP contribution in [0.5, 0.6) is 11.5 Å². The molecular formula is C30H30N2O5. The molecule has 0 bridgehead atoms. The van der Waals surface area contributed by atoms with Gasteiger partial charge in [0.05, 0.1) is 26.5 Å². The van der Waals surface area contributed by atoms with Crippen molar-refractivity contribution < 1.29 is 23.8 Å². The first-order valence-electron chi connectivity index (χ1n) is 12.0. The van der Waals surface area contributed by atoms with Crippen LogP contribution < -0.4 is 14.8 Å². The van der Waals surface area contributed by atoms with Crippen LogP contribution in [0.4, 0.5) is 5.69 Å². The Morgan fingerprint density at radius 2 is 1.65 bits per heavy atom. The fraction of sp³-hybridized carbons (Fsp3) is 0.200. The molecule has 0 spiro atoms. The number of amides is 1. The first-order chi connectivity index (χ1) is 17.9. The van der Waals surface area contributed by atoms with E-state index in [0.29, 0.717) is 34.9 Å². The van der Waals surface area contributed by atoms with Gasteiger partial charge in [0.15, 0.2) is 17.2 Å². The number of rotatable bonds is 9. The van der Waals surface area contributed by atoms with Crippen LogP contribution >= 0.6 is 0 Å². The maximum Gasteiger partial charge on any atom is 0.357 e. The molecule has 7 heteroatoms. The third kappa shape index (κ3) is 5.67. The van der Waals surface area contributed by atoms with Gasteiger partial charge in [-0.05, 0) is 49.2 Å². The Labute approximate surface area is 216 Å². The van der Waals surface area contributed by atoms with E-state index in [-0.39, 0.29) is 18.2 Å². The number of aromatic nitrogens is 1. The molecule has 3 aromatic carbocycles. The average molecular weight is 499 g/mol. The lowest BCUT2D eigenvalue weighted by Gasteiger charge is -2.13. The molecule has 0 saturated carbocycles. The molecule has 0 radical (unpaired) electrons. The molecule has 1 heterocycles.